The Morgan fingerprint density at radius 1 is 1.03 bits per heavy atom. The Hall–Kier alpha value is -3.15. The molecule has 0 amide bonds. The van der Waals surface area contributed by atoms with Crippen molar-refractivity contribution in [2.75, 3.05) is 13.2 Å². The number of aromatic carboxylic acids is 1. The second-order valence-electron chi connectivity index (χ2n) is 8.91. The standard InChI is InChI=1S/C28H31NO4/c1-19(29-17-26(30)23-5-3-2-4-6-23)15-20-9-11-22(12-10-20)24-13-14-25(28(31)32)27(16-24)33-18-21-7-8-21/h2-6,9-14,16,19,21,26,29-30H,7-8,15,17-18H2,1H3,(H,31,32)/t19-,26+/m1/s1. The number of hydrogen-bond acceptors (Lipinski definition) is 4. The van der Waals surface area contributed by atoms with Gasteiger partial charge in [-0.2, -0.15) is 0 Å². The highest BCUT2D eigenvalue weighted by Crippen LogP contribution is 2.32. The highest BCUT2D eigenvalue weighted by atomic mass is 16.5. The summed E-state index contributed by atoms with van der Waals surface area (Å²) < 4.78 is 5.83. The summed E-state index contributed by atoms with van der Waals surface area (Å²) in [5, 5.41) is 23.2. The summed E-state index contributed by atoms with van der Waals surface area (Å²) in [6.07, 6.45) is 2.63. The van der Waals surface area contributed by atoms with E-state index in [9.17, 15) is 15.0 Å². The van der Waals surface area contributed by atoms with Crippen LogP contribution in [0.3, 0.4) is 0 Å². The molecule has 172 valence electrons. The fourth-order valence-corrected chi connectivity index (χ4v) is 3.86. The molecule has 5 nitrogen and oxygen atoms in total. The maximum Gasteiger partial charge on any atom is 0.339 e. The second kappa shape index (κ2) is 10.6. The molecule has 0 unspecified atom stereocenters. The van der Waals surface area contributed by atoms with Crippen LogP contribution in [-0.4, -0.2) is 35.4 Å². The van der Waals surface area contributed by atoms with Gasteiger partial charge in [0.1, 0.15) is 11.3 Å². The van der Waals surface area contributed by atoms with E-state index < -0.39 is 12.1 Å². The third-order valence-corrected chi connectivity index (χ3v) is 6.06. The summed E-state index contributed by atoms with van der Waals surface area (Å²) in [6, 6.07) is 23.5. The third-order valence-electron chi connectivity index (χ3n) is 6.06. The average Bonchev–Trinajstić information content (AvgIpc) is 3.66. The van der Waals surface area contributed by atoms with Crippen LogP contribution in [0, 0.1) is 5.92 Å². The molecular weight excluding hydrogens is 414 g/mol. The molecule has 1 aliphatic carbocycles. The van der Waals surface area contributed by atoms with Gasteiger partial charge in [0, 0.05) is 12.6 Å². The van der Waals surface area contributed by atoms with Gasteiger partial charge in [0.15, 0.2) is 0 Å². The molecule has 5 heteroatoms. The minimum atomic E-state index is -0.971. The minimum absolute atomic E-state index is 0.202. The molecule has 2 atom stereocenters. The van der Waals surface area contributed by atoms with Gasteiger partial charge < -0.3 is 20.3 Å². The topological polar surface area (TPSA) is 78.8 Å². The minimum Gasteiger partial charge on any atom is -0.492 e. The molecule has 0 radical (unpaired) electrons. The van der Waals surface area contributed by atoms with E-state index in [1.165, 1.54) is 5.56 Å². The summed E-state index contributed by atoms with van der Waals surface area (Å²) in [5.41, 5.74) is 4.27. The molecular formula is C28H31NO4. The third kappa shape index (κ3) is 6.44. The summed E-state index contributed by atoms with van der Waals surface area (Å²) in [6.45, 7) is 3.19. The van der Waals surface area contributed by atoms with Crippen molar-refractivity contribution in [2.45, 2.75) is 38.3 Å². The molecule has 1 aliphatic rings. The van der Waals surface area contributed by atoms with Gasteiger partial charge in [0.25, 0.3) is 0 Å². The van der Waals surface area contributed by atoms with Crippen molar-refractivity contribution in [3.05, 3.63) is 89.5 Å². The Morgan fingerprint density at radius 3 is 2.39 bits per heavy atom. The Balaban J connectivity index is 1.36. The zero-order valence-corrected chi connectivity index (χ0v) is 18.9. The van der Waals surface area contributed by atoms with Crippen LogP contribution in [0.2, 0.25) is 0 Å². The first-order valence-corrected chi connectivity index (χ1v) is 11.6. The number of carboxylic acids is 1. The molecule has 1 fully saturated rings. The van der Waals surface area contributed by atoms with Gasteiger partial charge in [0.05, 0.1) is 12.7 Å². The Kier molecular flexibility index (Phi) is 7.43. The van der Waals surface area contributed by atoms with E-state index in [-0.39, 0.29) is 11.6 Å². The van der Waals surface area contributed by atoms with Gasteiger partial charge in [-0.15, -0.1) is 0 Å². The molecule has 0 bridgehead atoms. The lowest BCUT2D eigenvalue weighted by Crippen LogP contribution is -2.32. The molecule has 0 aliphatic heterocycles. The average molecular weight is 446 g/mol. The van der Waals surface area contributed by atoms with Crippen molar-refractivity contribution in [2.24, 2.45) is 5.92 Å². The van der Waals surface area contributed by atoms with Crippen molar-refractivity contribution in [3.8, 4) is 16.9 Å². The monoisotopic (exact) mass is 445 g/mol. The quantitative estimate of drug-likeness (QED) is 0.383. The summed E-state index contributed by atoms with van der Waals surface area (Å²) >= 11 is 0. The van der Waals surface area contributed by atoms with Gasteiger partial charge >= 0.3 is 5.97 Å². The van der Waals surface area contributed by atoms with Crippen LogP contribution in [0.5, 0.6) is 5.75 Å². The number of aliphatic hydroxyl groups is 1. The van der Waals surface area contributed by atoms with E-state index in [1.54, 1.807) is 6.07 Å². The molecule has 0 aromatic heterocycles. The van der Waals surface area contributed by atoms with Crippen LogP contribution in [0.1, 0.15) is 47.4 Å². The van der Waals surface area contributed by atoms with Gasteiger partial charge in [-0.25, -0.2) is 4.79 Å². The second-order valence-corrected chi connectivity index (χ2v) is 8.91. The molecule has 1 saturated carbocycles. The van der Waals surface area contributed by atoms with E-state index in [0.717, 1.165) is 36.0 Å². The van der Waals surface area contributed by atoms with Crippen LogP contribution in [0.25, 0.3) is 11.1 Å². The SMILES string of the molecule is C[C@H](Cc1ccc(-c2ccc(C(=O)O)c(OCC3CC3)c2)cc1)NC[C@H](O)c1ccccc1. The highest BCUT2D eigenvalue weighted by Gasteiger charge is 2.23. The number of ether oxygens (including phenoxy) is 1. The van der Waals surface area contributed by atoms with Crippen LogP contribution in [-0.2, 0) is 6.42 Å². The van der Waals surface area contributed by atoms with Crippen molar-refractivity contribution in [1.82, 2.24) is 5.32 Å². The fraction of sp³-hybridized carbons (Fsp3) is 0.321. The van der Waals surface area contributed by atoms with Gasteiger partial charge in [-0.3, -0.25) is 0 Å². The number of carboxylic acid groups (broad SMARTS) is 1. The lowest BCUT2D eigenvalue weighted by molar-refractivity contribution is 0.0692. The van der Waals surface area contributed by atoms with E-state index in [1.807, 2.05) is 42.5 Å². The molecule has 3 aromatic rings. The first kappa shape index (κ1) is 23.0. The predicted molar refractivity (Wildman–Crippen MR) is 130 cm³/mol. The van der Waals surface area contributed by atoms with Crippen molar-refractivity contribution >= 4 is 5.97 Å². The molecule has 33 heavy (non-hydrogen) atoms. The summed E-state index contributed by atoms with van der Waals surface area (Å²) in [4.78, 5) is 11.6. The number of benzene rings is 3. The van der Waals surface area contributed by atoms with E-state index in [2.05, 4.69) is 36.5 Å². The van der Waals surface area contributed by atoms with E-state index in [0.29, 0.717) is 24.8 Å². The van der Waals surface area contributed by atoms with E-state index >= 15 is 0 Å². The van der Waals surface area contributed by atoms with Crippen LogP contribution < -0.4 is 10.1 Å². The number of hydrogen-bond donors (Lipinski definition) is 3. The summed E-state index contributed by atoms with van der Waals surface area (Å²) in [7, 11) is 0. The first-order valence-electron chi connectivity index (χ1n) is 11.6. The first-order chi connectivity index (χ1) is 16.0. The number of carbonyl (C=O) groups is 1. The lowest BCUT2D eigenvalue weighted by atomic mass is 9.99. The number of rotatable bonds is 11. The number of aliphatic hydroxyl groups excluding tert-OH is 1. The van der Waals surface area contributed by atoms with E-state index in [4.69, 9.17) is 4.74 Å². The Morgan fingerprint density at radius 2 is 1.73 bits per heavy atom. The lowest BCUT2D eigenvalue weighted by Gasteiger charge is -2.18. The zero-order chi connectivity index (χ0) is 23.2. The maximum atomic E-state index is 11.6. The number of nitrogens with one attached hydrogen (secondary N) is 1. The maximum absolute atomic E-state index is 11.6. The molecule has 0 spiro atoms. The van der Waals surface area contributed by atoms with Crippen molar-refractivity contribution < 1.29 is 19.7 Å². The molecule has 0 heterocycles. The van der Waals surface area contributed by atoms with Crippen LogP contribution >= 0.6 is 0 Å². The largest absolute Gasteiger partial charge is 0.492 e. The van der Waals surface area contributed by atoms with Crippen molar-refractivity contribution in [3.63, 3.8) is 0 Å². The van der Waals surface area contributed by atoms with Crippen LogP contribution in [0.15, 0.2) is 72.8 Å². The smallest absolute Gasteiger partial charge is 0.339 e. The molecule has 3 aromatic carbocycles. The highest BCUT2D eigenvalue weighted by molar-refractivity contribution is 5.92. The Bertz CT molecular complexity index is 1060. The van der Waals surface area contributed by atoms with Crippen LogP contribution in [0.4, 0.5) is 0 Å². The summed E-state index contributed by atoms with van der Waals surface area (Å²) in [5.74, 6) is 0.0197. The zero-order valence-electron chi connectivity index (χ0n) is 18.9. The van der Waals surface area contributed by atoms with Gasteiger partial charge in [0.2, 0.25) is 0 Å². The molecule has 3 N–H and O–H groups in total. The van der Waals surface area contributed by atoms with Gasteiger partial charge in [-0.1, -0.05) is 60.7 Å². The van der Waals surface area contributed by atoms with Gasteiger partial charge in [-0.05, 0) is 66.5 Å². The predicted octanol–water partition coefficient (Wildman–Crippen LogP) is 5.09. The fourth-order valence-electron chi connectivity index (χ4n) is 3.86. The Labute approximate surface area is 195 Å². The normalized spacial score (nSPS) is 15.1. The molecule has 0 saturated heterocycles. The van der Waals surface area contributed by atoms with Crippen molar-refractivity contribution in [1.29, 1.82) is 0 Å². The molecule has 4 rings (SSSR count).